The van der Waals surface area contributed by atoms with Gasteiger partial charge in [-0.25, -0.2) is 4.79 Å². The van der Waals surface area contributed by atoms with Crippen molar-refractivity contribution in [3.63, 3.8) is 0 Å². The second kappa shape index (κ2) is 5.75. The molecule has 100 valence electrons. The predicted molar refractivity (Wildman–Crippen MR) is 70.6 cm³/mol. The van der Waals surface area contributed by atoms with Crippen LogP contribution in [0.5, 0.6) is 0 Å². The molecule has 0 heterocycles. The standard InChI is InChI=1S/C11H14BN3O4/c1-5-8(11(16)19-4)6(2)10(14-15-13)7(3)9(5)12(17)18/h17-18H,1-4H3. The van der Waals surface area contributed by atoms with Gasteiger partial charge in [0, 0.05) is 10.6 Å². The quantitative estimate of drug-likeness (QED) is 0.278. The van der Waals surface area contributed by atoms with E-state index in [-0.39, 0.29) is 16.7 Å². The molecule has 1 aromatic carbocycles. The molecule has 0 saturated heterocycles. The fourth-order valence-corrected chi connectivity index (χ4v) is 2.21. The average Bonchev–Trinajstić information content (AvgIpc) is 2.33. The Morgan fingerprint density at radius 3 is 2.26 bits per heavy atom. The van der Waals surface area contributed by atoms with Gasteiger partial charge >= 0.3 is 13.1 Å². The van der Waals surface area contributed by atoms with E-state index in [4.69, 9.17) is 5.53 Å². The molecule has 8 heteroatoms. The first-order valence-corrected chi connectivity index (χ1v) is 5.50. The number of carbonyl (C=O) groups is 1. The van der Waals surface area contributed by atoms with Crippen LogP contribution in [0.25, 0.3) is 10.4 Å². The molecule has 0 spiro atoms. The molecule has 0 aliphatic heterocycles. The first kappa shape index (κ1) is 15.0. The van der Waals surface area contributed by atoms with Gasteiger partial charge in [0.1, 0.15) is 0 Å². The van der Waals surface area contributed by atoms with Gasteiger partial charge in [-0.2, -0.15) is 0 Å². The van der Waals surface area contributed by atoms with Crippen molar-refractivity contribution in [1.82, 2.24) is 0 Å². The maximum absolute atomic E-state index is 11.8. The number of hydrogen-bond acceptors (Lipinski definition) is 5. The maximum Gasteiger partial charge on any atom is 0.489 e. The number of benzene rings is 1. The highest BCUT2D eigenvalue weighted by molar-refractivity contribution is 6.60. The monoisotopic (exact) mass is 263 g/mol. The Labute approximate surface area is 110 Å². The largest absolute Gasteiger partial charge is 0.489 e. The minimum atomic E-state index is -1.77. The van der Waals surface area contributed by atoms with Crippen LogP contribution in [-0.2, 0) is 4.74 Å². The summed E-state index contributed by atoms with van der Waals surface area (Å²) in [6.07, 6.45) is 0. The van der Waals surface area contributed by atoms with Gasteiger partial charge in [0.15, 0.2) is 0 Å². The molecule has 0 bridgehead atoms. The van der Waals surface area contributed by atoms with Crippen LogP contribution in [-0.4, -0.2) is 30.2 Å². The van der Waals surface area contributed by atoms with Crippen molar-refractivity contribution in [1.29, 1.82) is 0 Å². The highest BCUT2D eigenvalue weighted by Gasteiger charge is 2.26. The van der Waals surface area contributed by atoms with Crippen LogP contribution in [0.2, 0.25) is 0 Å². The SMILES string of the molecule is COC(=O)c1c(C)c(N=[N+]=[N-])c(C)c(B(O)O)c1C. The summed E-state index contributed by atoms with van der Waals surface area (Å²) < 4.78 is 4.67. The number of azide groups is 1. The maximum atomic E-state index is 11.8. The van der Waals surface area contributed by atoms with Gasteiger partial charge in [0.25, 0.3) is 0 Å². The van der Waals surface area contributed by atoms with E-state index >= 15 is 0 Å². The van der Waals surface area contributed by atoms with E-state index in [1.807, 2.05) is 0 Å². The van der Waals surface area contributed by atoms with Crippen molar-refractivity contribution in [3.05, 3.63) is 32.7 Å². The van der Waals surface area contributed by atoms with Crippen molar-refractivity contribution in [2.75, 3.05) is 7.11 Å². The third kappa shape index (κ3) is 2.55. The molecule has 0 saturated carbocycles. The Hall–Kier alpha value is -2.02. The van der Waals surface area contributed by atoms with E-state index in [0.29, 0.717) is 16.7 Å². The zero-order chi connectivity index (χ0) is 14.7. The van der Waals surface area contributed by atoms with Crippen LogP contribution in [0.3, 0.4) is 0 Å². The van der Waals surface area contributed by atoms with Crippen LogP contribution in [0.4, 0.5) is 5.69 Å². The summed E-state index contributed by atoms with van der Waals surface area (Å²) >= 11 is 0. The average molecular weight is 263 g/mol. The van der Waals surface area contributed by atoms with Crippen LogP contribution in [0.15, 0.2) is 5.11 Å². The smallest absolute Gasteiger partial charge is 0.465 e. The zero-order valence-electron chi connectivity index (χ0n) is 11.1. The van der Waals surface area contributed by atoms with Crippen molar-refractivity contribution in [2.45, 2.75) is 20.8 Å². The van der Waals surface area contributed by atoms with E-state index in [1.54, 1.807) is 20.8 Å². The van der Waals surface area contributed by atoms with Crippen molar-refractivity contribution >= 4 is 24.2 Å². The normalized spacial score (nSPS) is 9.79. The van der Waals surface area contributed by atoms with Gasteiger partial charge in [-0.1, -0.05) is 5.11 Å². The van der Waals surface area contributed by atoms with Crippen LogP contribution in [0.1, 0.15) is 27.0 Å². The number of carbonyl (C=O) groups excluding carboxylic acids is 1. The lowest BCUT2D eigenvalue weighted by Gasteiger charge is -2.18. The number of ether oxygens (including phenoxy) is 1. The second-order valence-electron chi connectivity index (χ2n) is 4.07. The molecule has 1 aromatic rings. The van der Waals surface area contributed by atoms with Crippen molar-refractivity contribution in [3.8, 4) is 0 Å². The van der Waals surface area contributed by atoms with Crippen molar-refractivity contribution in [2.24, 2.45) is 5.11 Å². The van der Waals surface area contributed by atoms with E-state index in [9.17, 15) is 14.8 Å². The van der Waals surface area contributed by atoms with Gasteiger partial charge in [0.2, 0.25) is 0 Å². The second-order valence-corrected chi connectivity index (χ2v) is 4.07. The molecule has 0 aliphatic rings. The topological polar surface area (TPSA) is 116 Å². The summed E-state index contributed by atoms with van der Waals surface area (Å²) in [4.78, 5) is 14.5. The summed E-state index contributed by atoms with van der Waals surface area (Å²) in [5, 5.41) is 22.4. The molecule has 7 nitrogen and oxygen atoms in total. The number of nitrogens with zero attached hydrogens (tertiary/aromatic N) is 3. The van der Waals surface area contributed by atoms with E-state index < -0.39 is 13.1 Å². The molecule has 19 heavy (non-hydrogen) atoms. The van der Waals surface area contributed by atoms with Gasteiger partial charge in [-0.15, -0.1) is 0 Å². The number of esters is 1. The summed E-state index contributed by atoms with van der Waals surface area (Å²) in [6, 6.07) is 0. The lowest BCUT2D eigenvalue weighted by atomic mass is 9.71. The Bertz CT molecular complexity index is 580. The fourth-order valence-electron chi connectivity index (χ4n) is 2.21. The first-order chi connectivity index (χ1) is 8.86. The number of methoxy groups -OCH3 is 1. The van der Waals surface area contributed by atoms with Crippen LogP contribution >= 0.6 is 0 Å². The first-order valence-electron chi connectivity index (χ1n) is 5.50. The summed E-state index contributed by atoms with van der Waals surface area (Å²) in [6.45, 7) is 4.80. The molecular formula is C11H14BN3O4. The van der Waals surface area contributed by atoms with Gasteiger partial charge < -0.3 is 14.8 Å². The molecule has 0 radical (unpaired) electrons. The summed E-state index contributed by atoms with van der Waals surface area (Å²) in [5.41, 5.74) is 10.4. The van der Waals surface area contributed by atoms with Gasteiger partial charge in [0.05, 0.1) is 12.7 Å². The molecule has 0 aromatic heterocycles. The molecule has 0 unspecified atom stereocenters. The van der Waals surface area contributed by atoms with Gasteiger partial charge in [-0.3, -0.25) is 0 Å². The van der Waals surface area contributed by atoms with Crippen LogP contribution in [0, 0.1) is 20.8 Å². The highest BCUT2D eigenvalue weighted by atomic mass is 16.5. The molecule has 0 atom stereocenters. The molecule has 0 amide bonds. The Balaban J connectivity index is 3.84. The van der Waals surface area contributed by atoms with E-state index in [2.05, 4.69) is 14.8 Å². The van der Waals surface area contributed by atoms with Crippen LogP contribution < -0.4 is 5.46 Å². The third-order valence-electron chi connectivity index (χ3n) is 3.06. The summed E-state index contributed by atoms with van der Waals surface area (Å²) in [5.74, 6) is -0.619. The van der Waals surface area contributed by atoms with Crippen molar-refractivity contribution < 1.29 is 19.6 Å². The lowest BCUT2D eigenvalue weighted by Crippen LogP contribution is -2.36. The van der Waals surface area contributed by atoms with E-state index in [0.717, 1.165) is 0 Å². The Morgan fingerprint density at radius 2 is 1.84 bits per heavy atom. The molecule has 0 aliphatic carbocycles. The minimum Gasteiger partial charge on any atom is -0.465 e. The zero-order valence-corrected chi connectivity index (χ0v) is 11.1. The molecular weight excluding hydrogens is 249 g/mol. The molecule has 1 rings (SSSR count). The molecule has 0 fully saturated rings. The molecule has 2 N–H and O–H groups in total. The lowest BCUT2D eigenvalue weighted by molar-refractivity contribution is 0.0599. The Morgan fingerprint density at radius 1 is 1.26 bits per heavy atom. The Kier molecular flexibility index (Phi) is 4.55. The number of hydrogen-bond donors (Lipinski definition) is 2. The van der Waals surface area contributed by atoms with Gasteiger partial charge in [-0.05, 0) is 48.5 Å². The highest BCUT2D eigenvalue weighted by Crippen LogP contribution is 2.29. The summed E-state index contributed by atoms with van der Waals surface area (Å²) in [7, 11) is -0.541. The van der Waals surface area contributed by atoms with E-state index in [1.165, 1.54) is 7.11 Å². The third-order valence-corrected chi connectivity index (χ3v) is 3.06. The number of rotatable bonds is 3. The predicted octanol–water partition coefficient (Wildman–Crippen LogP) is 1.02. The minimum absolute atomic E-state index is 0.147. The fraction of sp³-hybridized carbons (Fsp3) is 0.364.